The van der Waals surface area contributed by atoms with E-state index >= 15 is 0 Å². The van der Waals surface area contributed by atoms with E-state index in [9.17, 15) is 13.6 Å². The first-order valence-electron chi connectivity index (χ1n) is 9.10. The summed E-state index contributed by atoms with van der Waals surface area (Å²) >= 11 is 0. The number of amides is 1. The van der Waals surface area contributed by atoms with Gasteiger partial charge < -0.3 is 19.7 Å². The second-order valence-electron chi connectivity index (χ2n) is 6.89. The van der Waals surface area contributed by atoms with Gasteiger partial charge in [-0.25, -0.2) is 8.78 Å². The molecule has 1 atom stereocenters. The second-order valence-corrected chi connectivity index (χ2v) is 6.89. The molecule has 5 nitrogen and oxygen atoms in total. The number of ether oxygens (including phenoxy) is 2. The number of hydrogen-bond acceptors (Lipinski definition) is 4. The molecule has 3 aromatic rings. The van der Waals surface area contributed by atoms with Crippen LogP contribution >= 0.6 is 0 Å². The van der Waals surface area contributed by atoms with Crippen LogP contribution in [0.15, 0.2) is 60.7 Å². The summed E-state index contributed by atoms with van der Waals surface area (Å²) < 4.78 is 38.1. The van der Waals surface area contributed by atoms with Crippen LogP contribution in [-0.4, -0.2) is 17.6 Å². The van der Waals surface area contributed by atoms with Gasteiger partial charge >= 0.3 is 0 Å². The van der Waals surface area contributed by atoms with Gasteiger partial charge in [0.15, 0.2) is 23.1 Å². The zero-order chi connectivity index (χ0) is 20.0. The van der Waals surface area contributed by atoms with E-state index in [2.05, 4.69) is 5.32 Å². The maximum Gasteiger partial charge on any atom is 0.258 e. The van der Waals surface area contributed by atoms with Crippen LogP contribution in [0, 0.1) is 11.6 Å². The number of nitrogens with zero attached hydrogens (tertiary/aromatic N) is 1. The van der Waals surface area contributed by atoms with Gasteiger partial charge in [-0.05, 0) is 47.5 Å². The number of para-hydroxylation sites is 1. The molecule has 2 aliphatic rings. The van der Waals surface area contributed by atoms with Gasteiger partial charge in [0.05, 0.1) is 5.56 Å². The summed E-state index contributed by atoms with van der Waals surface area (Å²) in [5, 5.41) is 3.27. The first-order valence-corrected chi connectivity index (χ1v) is 9.10. The van der Waals surface area contributed by atoms with Crippen LogP contribution in [0.4, 0.5) is 14.5 Å². The lowest BCUT2D eigenvalue weighted by Crippen LogP contribution is -2.42. The number of rotatable bonds is 3. The van der Waals surface area contributed by atoms with Crippen molar-refractivity contribution in [3.05, 3.63) is 89.0 Å². The molecule has 0 saturated carbocycles. The Morgan fingerprint density at radius 3 is 2.66 bits per heavy atom. The number of benzene rings is 3. The molecule has 2 aliphatic heterocycles. The Balaban J connectivity index is 1.55. The van der Waals surface area contributed by atoms with E-state index < -0.39 is 17.8 Å². The third-order valence-electron chi connectivity index (χ3n) is 5.07. The molecule has 3 aromatic carbocycles. The van der Waals surface area contributed by atoms with Crippen LogP contribution < -0.4 is 14.8 Å². The lowest BCUT2D eigenvalue weighted by atomic mass is 10.0. The summed E-state index contributed by atoms with van der Waals surface area (Å²) in [6.45, 7) is 0.411. The standard InChI is InChI=1S/C22H16F2N2O3/c23-16-7-6-14(10-17(16)24)21-25-18-4-2-1-3-15(18)22(27)26(21)11-13-5-8-19-20(9-13)29-12-28-19/h1-10,21,25H,11-12H2. The molecule has 0 spiro atoms. The first kappa shape index (κ1) is 17.5. The molecule has 1 amide bonds. The third kappa shape index (κ3) is 3.04. The molecule has 1 unspecified atom stereocenters. The highest BCUT2D eigenvalue weighted by Crippen LogP contribution is 2.37. The van der Waals surface area contributed by atoms with E-state index in [1.807, 2.05) is 18.2 Å². The van der Waals surface area contributed by atoms with E-state index in [0.29, 0.717) is 28.3 Å². The Morgan fingerprint density at radius 2 is 1.79 bits per heavy atom. The molecule has 0 saturated heterocycles. The first-order chi connectivity index (χ1) is 14.1. The largest absolute Gasteiger partial charge is 0.454 e. The van der Waals surface area contributed by atoms with Crippen molar-refractivity contribution in [2.45, 2.75) is 12.7 Å². The van der Waals surface area contributed by atoms with Crippen molar-refractivity contribution in [2.24, 2.45) is 0 Å². The number of carbonyl (C=O) groups is 1. The Labute approximate surface area is 165 Å². The minimum Gasteiger partial charge on any atom is -0.454 e. The monoisotopic (exact) mass is 394 g/mol. The number of fused-ring (bicyclic) bond motifs is 2. The Morgan fingerprint density at radius 1 is 0.966 bits per heavy atom. The minimum absolute atomic E-state index is 0.161. The van der Waals surface area contributed by atoms with Crippen LogP contribution in [0.1, 0.15) is 27.7 Å². The smallest absolute Gasteiger partial charge is 0.258 e. The van der Waals surface area contributed by atoms with Gasteiger partial charge in [0.1, 0.15) is 6.17 Å². The van der Waals surface area contributed by atoms with Gasteiger partial charge in [-0.15, -0.1) is 0 Å². The fourth-order valence-electron chi connectivity index (χ4n) is 3.64. The average molecular weight is 394 g/mol. The summed E-state index contributed by atoms with van der Waals surface area (Å²) in [6.07, 6.45) is -0.655. The van der Waals surface area contributed by atoms with E-state index in [-0.39, 0.29) is 19.2 Å². The van der Waals surface area contributed by atoms with Gasteiger partial charge in [0.25, 0.3) is 5.91 Å². The van der Waals surface area contributed by atoms with Crippen LogP contribution in [0.25, 0.3) is 0 Å². The summed E-state index contributed by atoms with van der Waals surface area (Å²) in [4.78, 5) is 14.8. The number of halogens is 2. The lowest BCUT2D eigenvalue weighted by molar-refractivity contribution is 0.0666. The van der Waals surface area contributed by atoms with Crippen LogP contribution in [0.5, 0.6) is 11.5 Å². The normalized spacial score (nSPS) is 17.1. The maximum absolute atomic E-state index is 13.9. The van der Waals surface area contributed by atoms with Gasteiger partial charge in [0, 0.05) is 12.2 Å². The fraction of sp³-hybridized carbons (Fsp3) is 0.136. The summed E-state index contributed by atoms with van der Waals surface area (Å²) in [5.41, 5.74) is 2.45. The molecule has 0 fully saturated rings. The number of hydrogen-bond donors (Lipinski definition) is 1. The third-order valence-corrected chi connectivity index (χ3v) is 5.07. The van der Waals surface area contributed by atoms with E-state index in [1.54, 1.807) is 29.2 Å². The van der Waals surface area contributed by atoms with Gasteiger partial charge in [-0.2, -0.15) is 0 Å². The lowest BCUT2D eigenvalue weighted by Gasteiger charge is -2.38. The molecule has 5 rings (SSSR count). The van der Waals surface area contributed by atoms with E-state index in [4.69, 9.17) is 9.47 Å². The van der Waals surface area contributed by atoms with Crippen molar-refractivity contribution < 1.29 is 23.0 Å². The van der Waals surface area contributed by atoms with Crippen molar-refractivity contribution in [1.29, 1.82) is 0 Å². The van der Waals surface area contributed by atoms with Crippen molar-refractivity contribution in [2.75, 3.05) is 12.1 Å². The number of carbonyl (C=O) groups excluding carboxylic acids is 1. The van der Waals surface area contributed by atoms with Crippen LogP contribution in [0.3, 0.4) is 0 Å². The van der Waals surface area contributed by atoms with Crippen molar-refractivity contribution in [3.63, 3.8) is 0 Å². The molecular formula is C22H16F2N2O3. The van der Waals surface area contributed by atoms with E-state index in [1.165, 1.54) is 6.07 Å². The van der Waals surface area contributed by atoms with Gasteiger partial charge in [0.2, 0.25) is 6.79 Å². The van der Waals surface area contributed by atoms with Gasteiger partial charge in [-0.1, -0.05) is 24.3 Å². The summed E-state index contributed by atoms with van der Waals surface area (Å²) in [6, 6.07) is 16.2. The van der Waals surface area contributed by atoms with Gasteiger partial charge in [-0.3, -0.25) is 4.79 Å². The zero-order valence-corrected chi connectivity index (χ0v) is 15.2. The highest BCUT2D eigenvalue weighted by Gasteiger charge is 2.33. The Bertz CT molecular complexity index is 1120. The van der Waals surface area contributed by atoms with Crippen molar-refractivity contribution in [3.8, 4) is 11.5 Å². The van der Waals surface area contributed by atoms with Crippen molar-refractivity contribution >= 4 is 11.6 Å². The fourth-order valence-corrected chi connectivity index (χ4v) is 3.64. The molecule has 2 heterocycles. The second kappa shape index (κ2) is 6.77. The molecule has 0 bridgehead atoms. The van der Waals surface area contributed by atoms with E-state index in [0.717, 1.165) is 17.7 Å². The molecule has 29 heavy (non-hydrogen) atoms. The average Bonchev–Trinajstić information content (AvgIpc) is 3.20. The van der Waals surface area contributed by atoms with Crippen LogP contribution in [0.2, 0.25) is 0 Å². The number of anilines is 1. The molecular weight excluding hydrogens is 378 g/mol. The topological polar surface area (TPSA) is 50.8 Å². The molecule has 0 aliphatic carbocycles. The highest BCUT2D eigenvalue weighted by atomic mass is 19.2. The molecule has 7 heteroatoms. The van der Waals surface area contributed by atoms with Crippen LogP contribution in [-0.2, 0) is 6.54 Å². The molecule has 0 aromatic heterocycles. The summed E-state index contributed by atoms with van der Waals surface area (Å²) in [7, 11) is 0. The molecule has 146 valence electrons. The molecule has 0 radical (unpaired) electrons. The Hall–Kier alpha value is -3.61. The van der Waals surface area contributed by atoms with Crippen molar-refractivity contribution in [1.82, 2.24) is 4.90 Å². The minimum atomic E-state index is -0.960. The molecule has 1 N–H and O–H groups in total. The predicted octanol–water partition coefficient (Wildman–Crippen LogP) is 4.46. The Kier molecular flexibility index (Phi) is 4.08. The quantitative estimate of drug-likeness (QED) is 0.713. The number of nitrogens with one attached hydrogen (secondary N) is 1. The zero-order valence-electron chi connectivity index (χ0n) is 15.2. The predicted molar refractivity (Wildman–Crippen MR) is 102 cm³/mol. The highest BCUT2D eigenvalue weighted by molar-refractivity contribution is 6.01. The summed E-state index contributed by atoms with van der Waals surface area (Å²) in [5.74, 6) is -0.826. The SMILES string of the molecule is O=C1c2ccccc2NC(c2ccc(F)c(F)c2)N1Cc1ccc2c(c1)OCO2. The maximum atomic E-state index is 13.9.